The van der Waals surface area contributed by atoms with Gasteiger partial charge in [0, 0.05) is 43.6 Å². The number of ether oxygens (including phenoxy) is 2. The SMILES string of the molecule is CO[C@H]1CC[C@H](C(=O)N2Cc3cccnc3Nc3ccc(N4CCC(OC(C)C)CC4)cc32)CC1. The van der Waals surface area contributed by atoms with Crippen molar-refractivity contribution in [2.45, 2.75) is 77.2 Å². The maximum absolute atomic E-state index is 13.9. The van der Waals surface area contributed by atoms with Gasteiger partial charge in [0.15, 0.2) is 0 Å². The topological polar surface area (TPSA) is 66.9 Å². The first-order chi connectivity index (χ1) is 17.0. The van der Waals surface area contributed by atoms with Crippen LogP contribution in [0, 0.1) is 5.92 Å². The predicted molar refractivity (Wildman–Crippen MR) is 139 cm³/mol. The molecular weight excluding hydrogens is 440 g/mol. The summed E-state index contributed by atoms with van der Waals surface area (Å²) in [6.07, 6.45) is 8.34. The molecule has 35 heavy (non-hydrogen) atoms. The summed E-state index contributed by atoms with van der Waals surface area (Å²) in [6.45, 7) is 6.65. The Morgan fingerprint density at radius 2 is 1.83 bits per heavy atom. The molecule has 3 heterocycles. The molecule has 7 nitrogen and oxygen atoms in total. The van der Waals surface area contributed by atoms with Crippen molar-refractivity contribution in [3.05, 3.63) is 42.1 Å². The Labute approximate surface area is 208 Å². The standard InChI is InChI=1S/C28H38N4O3/c1-19(2)35-24-12-15-31(16-13-24)22-8-11-25-26(17-22)32(18-21-5-4-14-29-27(21)30-25)28(33)20-6-9-23(34-3)10-7-20/h4-5,8,11,14,17,19-20,23-24H,6-7,9-10,12-13,15-16,18H2,1-3H3,(H,29,30)/t20-,23-. The molecule has 5 rings (SSSR count). The highest BCUT2D eigenvalue weighted by atomic mass is 16.5. The average Bonchev–Trinajstić information content (AvgIpc) is 3.05. The van der Waals surface area contributed by atoms with Crippen molar-refractivity contribution in [3.63, 3.8) is 0 Å². The van der Waals surface area contributed by atoms with E-state index < -0.39 is 0 Å². The lowest BCUT2D eigenvalue weighted by atomic mass is 9.86. The number of pyridine rings is 1. The van der Waals surface area contributed by atoms with E-state index in [2.05, 4.69) is 53.3 Å². The molecule has 1 N–H and O–H groups in total. The molecule has 2 aromatic rings. The predicted octanol–water partition coefficient (Wildman–Crippen LogP) is 5.27. The fourth-order valence-electron chi connectivity index (χ4n) is 5.71. The first kappa shape index (κ1) is 24.1. The first-order valence-corrected chi connectivity index (χ1v) is 13.1. The van der Waals surface area contributed by atoms with Crippen LogP contribution in [-0.2, 0) is 20.8 Å². The summed E-state index contributed by atoms with van der Waals surface area (Å²) in [6, 6.07) is 10.5. The number of piperidine rings is 1. The van der Waals surface area contributed by atoms with Crippen molar-refractivity contribution < 1.29 is 14.3 Å². The summed E-state index contributed by atoms with van der Waals surface area (Å²) in [5, 5.41) is 3.50. The molecule has 1 saturated heterocycles. The van der Waals surface area contributed by atoms with Crippen molar-refractivity contribution >= 4 is 28.8 Å². The lowest BCUT2D eigenvalue weighted by Gasteiger charge is -2.35. The van der Waals surface area contributed by atoms with Crippen LogP contribution in [0.2, 0.25) is 0 Å². The Bertz CT molecular complexity index is 1030. The molecule has 1 aromatic heterocycles. The summed E-state index contributed by atoms with van der Waals surface area (Å²) in [5.41, 5.74) is 4.08. The van der Waals surface area contributed by atoms with E-state index in [1.807, 2.05) is 11.0 Å². The van der Waals surface area contributed by atoms with Gasteiger partial charge in [-0.25, -0.2) is 4.98 Å². The van der Waals surface area contributed by atoms with Crippen molar-refractivity contribution in [3.8, 4) is 0 Å². The zero-order valence-electron chi connectivity index (χ0n) is 21.2. The van der Waals surface area contributed by atoms with Crippen LogP contribution in [-0.4, -0.2) is 49.4 Å². The minimum absolute atomic E-state index is 0.0278. The number of carbonyl (C=O) groups excluding carboxylic acids is 1. The van der Waals surface area contributed by atoms with Gasteiger partial charge in [0.1, 0.15) is 5.82 Å². The molecule has 0 bridgehead atoms. The summed E-state index contributed by atoms with van der Waals surface area (Å²) >= 11 is 0. The van der Waals surface area contributed by atoms with E-state index in [0.29, 0.717) is 12.6 Å². The van der Waals surface area contributed by atoms with Gasteiger partial charge in [0.2, 0.25) is 5.91 Å². The van der Waals surface area contributed by atoms with Crippen molar-refractivity contribution in [1.82, 2.24) is 4.98 Å². The summed E-state index contributed by atoms with van der Waals surface area (Å²) in [5.74, 6) is 1.06. The van der Waals surface area contributed by atoms with Crippen molar-refractivity contribution in [2.24, 2.45) is 5.92 Å². The molecule has 1 aliphatic carbocycles. The Kier molecular flexibility index (Phi) is 7.25. The second-order valence-corrected chi connectivity index (χ2v) is 10.3. The molecule has 2 aliphatic heterocycles. The Morgan fingerprint density at radius 1 is 1.06 bits per heavy atom. The highest BCUT2D eigenvalue weighted by molar-refractivity contribution is 6.00. The third kappa shape index (κ3) is 5.31. The van der Waals surface area contributed by atoms with Crippen LogP contribution < -0.4 is 15.1 Å². The van der Waals surface area contributed by atoms with Gasteiger partial charge in [-0.2, -0.15) is 0 Å². The van der Waals surface area contributed by atoms with E-state index in [1.54, 1.807) is 13.3 Å². The van der Waals surface area contributed by atoms with E-state index in [9.17, 15) is 4.79 Å². The molecule has 188 valence electrons. The van der Waals surface area contributed by atoms with Crippen molar-refractivity contribution in [2.75, 3.05) is 35.3 Å². The van der Waals surface area contributed by atoms with Crippen LogP contribution in [0.4, 0.5) is 22.9 Å². The molecule has 1 amide bonds. The molecule has 2 fully saturated rings. The highest BCUT2D eigenvalue weighted by Gasteiger charge is 2.33. The summed E-state index contributed by atoms with van der Waals surface area (Å²) < 4.78 is 11.6. The normalized spacial score (nSPS) is 22.9. The number of hydrogen-bond donors (Lipinski definition) is 1. The van der Waals surface area contributed by atoms with Crippen LogP contribution in [0.25, 0.3) is 0 Å². The summed E-state index contributed by atoms with van der Waals surface area (Å²) in [4.78, 5) is 22.9. The van der Waals surface area contributed by atoms with E-state index in [0.717, 1.165) is 80.1 Å². The third-order valence-electron chi connectivity index (χ3n) is 7.64. The van der Waals surface area contributed by atoms with Gasteiger partial charge >= 0.3 is 0 Å². The first-order valence-electron chi connectivity index (χ1n) is 13.1. The Hall–Kier alpha value is -2.64. The van der Waals surface area contributed by atoms with Crippen LogP contribution in [0.15, 0.2) is 36.5 Å². The van der Waals surface area contributed by atoms with Crippen LogP contribution in [0.3, 0.4) is 0 Å². The number of nitrogens with one attached hydrogen (secondary N) is 1. The fraction of sp³-hybridized carbons (Fsp3) is 0.571. The molecule has 0 radical (unpaired) electrons. The number of aromatic nitrogens is 1. The maximum atomic E-state index is 13.9. The minimum Gasteiger partial charge on any atom is -0.381 e. The quantitative estimate of drug-likeness (QED) is 0.631. The van der Waals surface area contributed by atoms with Gasteiger partial charge in [-0.05, 0) is 76.6 Å². The monoisotopic (exact) mass is 478 g/mol. The molecule has 7 heteroatoms. The van der Waals surface area contributed by atoms with Gasteiger partial charge in [-0.15, -0.1) is 0 Å². The van der Waals surface area contributed by atoms with E-state index in [4.69, 9.17) is 9.47 Å². The minimum atomic E-state index is 0.0278. The lowest BCUT2D eigenvalue weighted by Crippen LogP contribution is -2.39. The number of benzene rings is 1. The highest BCUT2D eigenvalue weighted by Crippen LogP contribution is 2.40. The molecule has 0 unspecified atom stereocenters. The molecule has 1 aromatic carbocycles. The number of anilines is 4. The lowest BCUT2D eigenvalue weighted by molar-refractivity contribution is -0.124. The van der Waals surface area contributed by atoms with E-state index >= 15 is 0 Å². The van der Waals surface area contributed by atoms with Gasteiger partial charge < -0.3 is 24.6 Å². The zero-order valence-corrected chi connectivity index (χ0v) is 21.2. The second-order valence-electron chi connectivity index (χ2n) is 10.3. The summed E-state index contributed by atoms with van der Waals surface area (Å²) in [7, 11) is 1.77. The van der Waals surface area contributed by atoms with Crippen LogP contribution >= 0.6 is 0 Å². The number of nitrogens with zero attached hydrogens (tertiary/aromatic N) is 3. The zero-order chi connectivity index (χ0) is 24.4. The number of methoxy groups -OCH3 is 1. The average molecular weight is 479 g/mol. The van der Waals surface area contributed by atoms with E-state index in [1.165, 1.54) is 0 Å². The molecule has 0 spiro atoms. The molecule has 1 saturated carbocycles. The van der Waals surface area contributed by atoms with Gasteiger partial charge in [-0.3, -0.25) is 4.79 Å². The second kappa shape index (κ2) is 10.5. The van der Waals surface area contributed by atoms with Crippen molar-refractivity contribution in [1.29, 1.82) is 0 Å². The smallest absolute Gasteiger partial charge is 0.230 e. The number of hydrogen-bond acceptors (Lipinski definition) is 6. The molecular formula is C28H38N4O3. The van der Waals surface area contributed by atoms with Gasteiger partial charge in [0.05, 0.1) is 36.2 Å². The van der Waals surface area contributed by atoms with Crippen LogP contribution in [0.1, 0.15) is 57.9 Å². The fourth-order valence-corrected chi connectivity index (χ4v) is 5.71. The molecule has 3 aliphatic rings. The Morgan fingerprint density at radius 3 is 2.54 bits per heavy atom. The molecule has 0 atom stereocenters. The maximum Gasteiger partial charge on any atom is 0.230 e. The number of rotatable bonds is 5. The largest absolute Gasteiger partial charge is 0.381 e. The van der Waals surface area contributed by atoms with Crippen LogP contribution in [0.5, 0.6) is 0 Å². The van der Waals surface area contributed by atoms with E-state index in [-0.39, 0.29) is 24.0 Å². The number of fused-ring (bicyclic) bond motifs is 2. The third-order valence-corrected chi connectivity index (χ3v) is 7.64. The number of amides is 1. The van der Waals surface area contributed by atoms with Gasteiger partial charge in [0.25, 0.3) is 0 Å². The Balaban J connectivity index is 1.41. The number of carbonyl (C=O) groups is 1. The van der Waals surface area contributed by atoms with Gasteiger partial charge in [-0.1, -0.05) is 6.07 Å².